The van der Waals surface area contributed by atoms with Gasteiger partial charge in [0.05, 0.1) is 6.61 Å². The van der Waals surface area contributed by atoms with Crippen molar-refractivity contribution in [2.24, 2.45) is 0 Å². The second-order valence-electron chi connectivity index (χ2n) is 3.14. The molecule has 0 aliphatic rings. The molecule has 0 aliphatic heterocycles. The Morgan fingerprint density at radius 1 is 1.14 bits per heavy atom. The van der Waals surface area contributed by atoms with Gasteiger partial charge in [0.1, 0.15) is 0 Å². The molecule has 0 saturated heterocycles. The fraction of sp³-hybridized carbons (Fsp3) is 0.417. The predicted molar refractivity (Wildman–Crippen MR) is 55.6 cm³/mol. The number of carbonyl (C=O) groups excluding carboxylic acids is 1. The van der Waals surface area contributed by atoms with Crippen LogP contribution in [-0.4, -0.2) is 12.9 Å². The molecule has 0 fully saturated rings. The van der Waals surface area contributed by atoms with E-state index in [0.29, 0.717) is 13.0 Å². The molecule has 0 atom stereocenters. The van der Waals surface area contributed by atoms with Crippen LogP contribution in [-0.2, 0) is 16.1 Å². The number of benzene rings is 1. The van der Waals surface area contributed by atoms with E-state index in [1.165, 1.54) is 5.56 Å². The van der Waals surface area contributed by atoms with Gasteiger partial charge in [-0.05, 0) is 18.4 Å². The molecule has 0 aromatic heterocycles. The summed E-state index contributed by atoms with van der Waals surface area (Å²) in [5.74, 6) is 0. The Kier molecular flexibility index (Phi) is 5.68. The molecule has 1 rings (SSSR count). The summed E-state index contributed by atoms with van der Waals surface area (Å²) in [5, 5.41) is 0. The third kappa shape index (κ3) is 4.77. The summed E-state index contributed by atoms with van der Waals surface area (Å²) in [7, 11) is 0. The summed E-state index contributed by atoms with van der Waals surface area (Å²) < 4.78 is 5.44. The van der Waals surface area contributed by atoms with Crippen LogP contribution >= 0.6 is 0 Å². The lowest BCUT2D eigenvalue weighted by atomic mass is 10.2. The molecule has 0 N–H and O–H groups in total. The monoisotopic (exact) mass is 191 g/mol. The van der Waals surface area contributed by atoms with Gasteiger partial charge in [0.25, 0.3) is 0 Å². The van der Waals surface area contributed by atoms with E-state index in [4.69, 9.17) is 4.74 Å². The zero-order chi connectivity index (χ0) is 10.1. The highest BCUT2D eigenvalue weighted by atomic mass is 16.5. The Labute approximate surface area is 84.9 Å². The van der Waals surface area contributed by atoms with Crippen molar-refractivity contribution in [3.63, 3.8) is 0 Å². The Hall–Kier alpha value is -1.15. The van der Waals surface area contributed by atoms with Crippen molar-refractivity contribution < 1.29 is 9.53 Å². The summed E-state index contributed by atoms with van der Waals surface area (Å²) in [6.07, 6.45) is 4.20. The van der Waals surface area contributed by atoms with Gasteiger partial charge in [-0.1, -0.05) is 30.3 Å². The summed E-state index contributed by atoms with van der Waals surface area (Å²) in [6, 6.07) is 10.1. The largest absolute Gasteiger partial charge is 0.377 e. The highest BCUT2D eigenvalue weighted by molar-refractivity contribution is 5.50. The van der Waals surface area contributed by atoms with Crippen molar-refractivity contribution in [2.75, 3.05) is 6.61 Å². The van der Waals surface area contributed by atoms with Crippen LogP contribution in [0, 0.1) is 0 Å². The molecule has 14 heavy (non-hydrogen) atoms. The lowest BCUT2D eigenvalue weighted by Crippen LogP contribution is -1.95. The van der Waals surface area contributed by atoms with Crippen LogP contribution in [0.3, 0.4) is 0 Å². The molecule has 0 amide bonds. The van der Waals surface area contributed by atoms with Gasteiger partial charge in [-0.25, -0.2) is 0 Å². The van der Waals surface area contributed by atoms with E-state index in [0.717, 1.165) is 19.4 Å². The molecule has 0 saturated carbocycles. The zero-order valence-corrected chi connectivity index (χ0v) is 8.24. The van der Waals surface area contributed by atoms with Gasteiger partial charge in [0.15, 0.2) is 6.29 Å². The Morgan fingerprint density at radius 2 is 1.93 bits per heavy atom. The van der Waals surface area contributed by atoms with E-state index >= 15 is 0 Å². The molecule has 1 radical (unpaired) electrons. The summed E-state index contributed by atoms with van der Waals surface area (Å²) in [6.45, 7) is 1.38. The minimum atomic E-state index is 0.523. The highest BCUT2D eigenvalue weighted by Crippen LogP contribution is 2.01. The maximum absolute atomic E-state index is 9.89. The minimum Gasteiger partial charge on any atom is -0.377 e. The smallest absolute Gasteiger partial charge is 0.198 e. The van der Waals surface area contributed by atoms with Crippen LogP contribution in [0.25, 0.3) is 0 Å². The maximum atomic E-state index is 9.89. The molecule has 0 heterocycles. The van der Waals surface area contributed by atoms with Gasteiger partial charge < -0.3 is 4.74 Å². The molecular weight excluding hydrogens is 176 g/mol. The van der Waals surface area contributed by atoms with Gasteiger partial charge in [0.2, 0.25) is 0 Å². The average Bonchev–Trinajstić information content (AvgIpc) is 2.25. The standard InChI is InChI=1S/C12H15O2/c13-9-5-2-6-10-14-11-12-7-3-1-4-8-12/h1,3-4,7-8H,2,5-6,10-11H2. The van der Waals surface area contributed by atoms with Crippen molar-refractivity contribution in [3.8, 4) is 0 Å². The van der Waals surface area contributed by atoms with Crippen LogP contribution < -0.4 is 0 Å². The molecule has 1 aromatic rings. The molecule has 2 heteroatoms. The summed E-state index contributed by atoms with van der Waals surface area (Å²) in [5.41, 5.74) is 1.19. The third-order valence-electron chi connectivity index (χ3n) is 1.93. The molecule has 0 aliphatic carbocycles. The van der Waals surface area contributed by atoms with Gasteiger partial charge in [-0.15, -0.1) is 0 Å². The Balaban J connectivity index is 2.02. The number of unbranched alkanes of at least 4 members (excludes halogenated alkanes) is 2. The van der Waals surface area contributed by atoms with Crippen molar-refractivity contribution in [1.29, 1.82) is 0 Å². The van der Waals surface area contributed by atoms with Crippen molar-refractivity contribution in [1.82, 2.24) is 0 Å². The highest BCUT2D eigenvalue weighted by Gasteiger charge is 1.92. The molecule has 2 nitrogen and oxygen atoms in total. The summed E-state index contributed by atoms with van der Waals surface area (Å²) >= 11 is 0. The SMILES string of the molecule is O=[C]CCCCOCc1ccccc1. The minimum absolute atomic E-state index is 0.523. The van der Waals surface area contributed by atoms with E-state index in [9.17, 15) is 4.79 Å². The first-order chi connectivity index (χ1) is 6.93. The topological polar surface area (TPSA) is 26.3 Å². The fourth-order valence-electron chi connectivity index (χ4n) is 1.17. The third-order valence-corrected chi connectivity index (χ3v) is 1.93. The first-order valence-corrected chi connectivity index (χ1v) is 4.90. The van der Waals surface area contributed by atoms with E-state index < -0.39 is 0 Å². The average molecular weight is 191 g/mol. The normalized spacial score (nSPS) is 10.0. The quantitative estimate of drug-likeness (QED) is 0.619. The number of hydrogen-bond acceptors (Lipinski definition) is 2. The lowest BCUT2D eigenvalue weighted by molar-refractivity contribution is 0.117. The lowest BCUT2D eigenvalue weighted by Gasteiger charge is -2.02. The summed E-state index contributed by atoms with van der Waals surface area (Å²) in [4.78, 5) is 9.89. The fourth-order valence-corrected chi connectivity index (χ4v) is 1.17. The van der Waals surface area contributed by atoms with Crippen LogP contribution in [0.15, 0.2) is 30.3 Å². The van der Waals surface area contributed by atoms with E-state index in [1.54, 1.807) is 0 Å². The maximum Gasteiger partial charge on any atom is 0.198 e. The Bertz CT molecular complexity index is 244. The van der Waals surface area contributed by atoms with Crippen LogP contribution in [0.2, 0.25) is 0 Å². The van der Waals surface area contributed by atoms with Gasteiger partial charge in [-0.2, -0.15) is 0 Å². The zero-order valence-electron chi connectivity index (χ0n) is 8.24. The van der Waals surface area contributed by atoms with Crippen LogP contribution in [0.1, 0.15) is 24.8 Å². The number of ether oxygens (including phenoxy) is 1. The molecule has 1 aromatic carbocycles. The van der Waals surface area contributed by atoms with E-state index in [-0.39, 0.29) is 0 Å². The van der Waals surface area contributed by atoms with Gasteiger partial charge in [-0.3, -0.25) is 4.79 Å². The molecule has 0 bridgehead atoms. The van der Waals surface area contributed by atoms with E-state index in [2.05, 4.69) is 0 Å². The molecule has 0 unspecified atom stereocenters. The van der Waals surface area contributed by atoms with Crippen molar-refractivity contribution in [2.45, 2.75) is 25.9 Å². The van der Waals surface area contributed by atoms with E-state index in [1.807, 2.05) is 36.6 Å². The molecule has 0 spiro atoms. The van der Waals surface area contributed by atoms with Crippen molar-refractivity contribution >= 4 is 6.29 Å². The first-order valence-electron chi connectivity index (χ1n) is 4.90. The number of hydrogen-bond donors (Lipinski definition) is 0. The molecule has 75 valence electrons. The van der Waals surface area contributed by atoms with Crippen molar-refractivity contribution in [3.05, 3.63) is 35.9 Å². The Morgan fingerprint density at radius 3 is 2.64 bits per heavy atom. The van der Waals surface area contributed by atoms with Crippen LogP contribution in [0.4, 0.5) is 0 Å². The predicted octanol–water partition coefficient (Wildman–Crippen LogP) is 2.48. The van der Waals surface area contributed by atoms with Gasteiger partial charge in [0, 0.05) is 13.0 Å². The first kappa shape index (κ1) is 10.9. The van der Waals surface area contributed by atoms with Crippen LogP contribution in [0.5, 0.6) is 0 Å². The second kappa shape index (κ2) is 7.27. The van der Waals surface area contributed by atoms with Gasteiger partial charge >= 0.3 is 0 Å². The second-order valence-corrected chi connectivity index (χ2v) is 3.14. The molecular formula is C12H15O2. The number of rotatable bonds is 7.